The quantitative estimate of drug-likeness (QED) is 0.632. The van der Waals surface area contributed by atoms with Crippen LogP contribution in [0.2, 0.25) is 0 Å². The Morgan fingerprint density at radius 3 is 2.33 bits per heavy atom. The van der Waals surface area contributed by atoms with E-state index in [1.807, 2.05) is 0 Å². The summed E-state index contributed by atoms with van der Waals surface area (Å²) in [4.78, 5) is 0. The van der Waals surface area contributed by atoms with Gasteiger partial charge in [0.2, 0.25) is 0 Å². The van der Waals surface area contributed by atoms with E-state index < -0.39 is 0 Å². The summed E-state index contributed by atoms with van der Waals surface area (Å²) < 4.78 is 5.74. The molecule has 0 aliphatic carbocycles. The van der Waals surface area contributed by atoms with Crippen LogP contribution < -0.4 is 0 Å². The van der Waals surface area contributed by atoms with Gasteiger partial charge in [0.15, 0.2) is 0 Å². The van der Waals surface area contributed by atoms with Gasteiger partial charge in [0.25, 0.3) is 0 Å². The van der Waals surface area contributed by atoms with Crippen molar-refractivity contribution in [3.63, 3.8) is 0 Å². The Morgan fingerprint density at radius 1 is 1.25 bits per heavy atom. The van der Waals surface area contributed by atoms with Crippen molar-refractivity contribution in [1.82, 2.24) is 0 Å². The van der Waals surface area contributed by atoms with Gasteiger partial charge in [0.1, 0.15) is 0 Å². The third-order valence-corrected chi connectivity index (χ3v) is 2.79. The first-order valence-corrected chi connectivity index (χ1v) is 5.21. The third kappa shape index (κ3) is 2.78. The highest BCUT2D eigenvalue weighted by atomic mass is 16.5. The minimum atomic E-state index is 0.553. The number of hydrogen-bond donors (Lipinski definition) is 0. The summed E-state index contributed by atoms with van der Waals surface area (Å²) in [7, 11) is 0. The summed E-state index contributed by atoms with van der Waals surface area (Å²) in [6.07, 6.45) is 3.08. The summed E-state index contributed by atoms with van der Waals surface area (Å²) in [6.45, 7) is 10.1. The maximum Gasteiger partial charge on any atom is 0.0581 e. The van der Waals surface area contributed by atoms with E-state index in [9.17, 15) is 0 Å². The molecule has 0 spiro atoms. The van der Waals surface area contributed by atoms with Gasteiger partial charge in [-0.05, 0) is 30.6 Å². The fraction of sp³-hybridized carbons (Fsp3) is 1.00. The lowest BCUT2D eigenvalue weighted by atomic mass is 9.91. The topological polar surface area (TPSA) is 9.23 Å². The molecule has 1 nitrogen and oxygen atoms in total. The van der Waals surface area contributed by atoms with Crippen LogP contribution in [0.15, 0.2) is 0 Å². The molecule has 0 amide bonds. The first-order chi connectivity index (χ1) is 5.59. The average Bonchev–Trinajstić information content (AvgIpc) is 2.34. The minimum absolute atomic E-state index is 0.553. The Morgan fingerprint density at radius 2 is 1.92 bits per heavy atom. The zero-order valence-corrected chi connectivity index (χ0v) is 8.84. The van der Waals surface area contributed by atoms with Crippen molar-refractivity contribution in [2.24, 2.45) is 17.8 Å². The lowest BCUT2D eigenvalue weighted by Crippen LogP contribution is -2.10. The van der Waals surface area contributed by atoms with Crippen molar-refractivity contribution in [3.05, 3.63) is 0 Å². The highest BCUT2D eigenvalue weighted by molar-refractivity contribution is 4.76. The Kier molecular flexibility index (Phi) is 3.57. The normalized spacial score (nSPS) is 30.5. The van der Waals surface area contributed by atoms with Crippen molar-refractivity contribution in [2.45, 2.75) is 46.6 Å². The molecule has 1 saturated heterocycles. The molecule has 1 heteroatoms. The monoisotopic (exact) mass is 170 g/mol. The SMILES string of the molecule is CC(C)C[C@H]1C[C@@H](C(C)C)CO1. The maximum absolute atomic E-state index is 5.74. The lowest BCUT2D eigenvalue weighted by Gasteiger charge is -2.13. The molecule has 2 atom stereocenters. The fourth-order valence-electron chi connectivity index (χ4n) is 1.89. The first kappa shape index (κ1) is 10.0. The van der Waals surface area contributed by atoms with Crippen LogP contribution in [0.5, 0.6) is 0 Å². The summed E-state index contributed by atoms with van der Waals surface area (Å²) in [5, 5.41) is 0. The van der Waals surface area contributed by atoms with Gasteiger partial charge < -0.3 is 4.74 Å². The van der Waals surface area contributed by atoms with E-state index in [0.717, 1.165) is 24.4 Å². The molecule has 0 aromatic rings. The standard InChI is InChI=1S/C11H22O/c1-8(2)5-11-6-10(7-12-11)9(3)4/h8-11H,5-7H2,1-4H3/t10-,11+/m1/s1. The second-order valence-electron chi connectivity index (χ2n) is 4.82. The third-order valence-electron chi connectivity index (χ3n) is 2.79. The van der Waals surface area contributed by atoms with Crippen molar-refractivity contribution in [2.75, 3.05) is 6.61 Å². The summed E-state index contributed by atoms with van der Waals surface area (Å²) in [5.41, 5.74) is 0. The van der Waals surface area contributed by atoms with E-state index in [1.165, 1.54) is 12.8 Å². The minimum Gasteiger partial charge on any atom is -0.378 e. The van der Waals surface area contributed by atoms with E-state index in [2.05, 4.69) is 27.7 Å². The molecule has 1 aliphatic heterocycles. The van der Waals surface area contributed by atoms with Crippen molar-refractivity contribution in [1.29, 1.82) is 0 Å². The fourth-order valence-corrected chi connectivity index (χ4v) is 1.89. The average molecular weight is 170 g/mol. The van der Waals surface area contributed by atoms with E-state index in [4.69, 9.17) is 4.74 Å². The van der Waals surface area contributed by atoms with Crippen molar-refractivity contribution >= 4 is 0 Å². The molecule has 0 N–H and O–H groups in total. The van der Waals surface area contributed by atoms with E-state index in [1.54, 1.807) is 0 Å². The van der Waals surface area contributed by atoms with Crippen LogP contribution >= 0.6 is 0 Å². The Bertz CT molecular complexity index is 129. The Hall–Kier alpha value is -0.0400. The van der Waals surface area contributed by atoms with Gasteiger partial charge in [0, 0.05) is 0 Å². The molecule has 72 valence electrons. The first-order valence-electron chi connectivity index (χ1n) is 5.21. The Balaban J connectivity index is 2.26. The van der Waals surface area contributed by atoms with Crippen molar-refractivity contribution < 1.29 is 4.74 Å². The van der Waals surface area contributed by atoms with Crippen LogP contribution in [-0.2, 0) is 4.74 Å². The van der Waals surface area contributed by atoms with Crippen molar-refractivity contribution in [3.8, 4) is 0 Å². The van der Waals surface area contributed by atoms with E-state index in [-0.39, 0.29) is 0 Å². The van der Waals surface area contributed by atoms with Crippen LogP contribution in [-0.4, -0.2) is 12.7 Å². The second-order valence-corrected chi connectivity index (χ2v) is 4.82. The number of ether oxygens (including phenoxy) is 1. The summed E-state index contributed by atoms with van der Waals surface area (Å²) >= 11 is 0. The van der Waals surface area contributed by atoms with E-state index in [0.29, 0.717) is 6.10 Å². The van der Waals surface area contributed by atoms with Gasteiger partial charge in [-0.1, -0.05) is 27.7 Å². The molecule has 0 radical (unpaired) electrons. The molecule has 12 heavy (non-hydrogen) atoms. The van der Waals surface area contributed by atoms with Gasteiger partial charge in [0.05, 0.1) is 12.7 Å². The predicted octanol–water partition coefficient (Wildman–Crippen LogP) is 3.09. The smallest absolute Gasteiger partial charge is 0.0581 e. The zero-order chi connectivity index (χ0) is 9.14. The zero-order valence-electron chi connectivity index (χ0n) is 8.84. The van der Waals surface area contributed by atoms with Gasteiger partial charge in [-0.2, -0.15) is 0 Å². The molecule has 0 aromatic heterocycles. The number of hydrogen-bond acceptors (Lipinski definition) is 1. The molecule has 0 saturated carbocycles. The maximum atomic E-state index is 5.74. The summed E-state index contributed by atoms with van der Waals surface area (Å²) in [6, 6.07) is 0. The molecule has 1 fully saturated rings. The van der Waals surface area contributed by atoms with Crippen LogP contribution in [0, 0.1) is 17.8 Å². The molecule has 0 aromatic carbocycles. The van der Waals surface area contributed by atoms with Crippen LogP contribution in [0.1, 0.15) is 40.5 Å². The Labute approximate surface area is 76.5 Å². The predicted molar refractivity (Wildman–Crippen MR) is 52.1 cm³/mol. The molecule has 0 unspecified atom stereocenters. The van der Waals surface area contributed by atoms with Crippen LogP contribution in [0.4, 0.5) is 0 Å². The molecule has 1 rings (SSSR count). The van der Waals surface area contributed by atoms with Gasteiger partial charge in [-0.3, -0.25) is 0 Å². The molecular formula is C11H22O. The van der Waals surface area contributed by atoms with Crippen LogP contribution in [0.3, 0.4) is 0 Å². The highest BCUT2D eigenvalue weighted by Crippen LogP contribution is 2.29. The molecule has 0 bridgehead atoms. The summed E-state index contributed by atoms with van der Waals surface area (Å²) in [5.74, 6) is 2.39. The largest absolute Gasteiger partial charge is 0.378 e. The van der Waals surface area contributed by atoms with Crippen LogP contribution in [0.25, 0.3) is 0 Å². The van der Waals surface area contributed by atoms with E-state index >= 15 is 0 Å². The molecule has 1 heterocycles. The highest BCUT2D eigenvalue weighted by Gasteiger charge is 2.27. The lowest BCUT2D eigenvalue weighted by molar-refractivity contribution is 0.0884. The number of rotatable bonds is 3. The molecular weight excluding hydrogens is 148 g/mol. The second kappa shape index (κ2) is 4.27. The van der Waals surface area contributed by atoms with Gasteiger partial charge in [-0.15, -0.1) is 0 Å². The van der Waals surface area contributed by atoms with Gasteiger partial charge in [-0.25, -0.2) is 0 Å². The van der Waals surface area contributed by atoms with Gasteiger partial charge >= 0.3 is 0 Å². The molecule has 1 aliphatic rings.